The number of aliphatic carboxylic acids is 1. The van der Waals surface area contributed by atoms with Crippen molar-refractivity contribution in [3.8, 4) is 0 Å². The minimum absolute atomic E-state index is 0.342. The molecular formula is C16H18N2O3S2. The van der Waals surface area contributed by atoms with Crippen molar-refractivity contribution in [1.82, 2.24) is 10.3 Å². The molecule has 0 spiro atoms. The van der Waals surface area contributed by atoms with Crippen LogP contribution in [0.4, 0.5) is 0 Å². The Morgan fingerprint density at radius 3 is 2.74 bits per heavy atom. The molecule has 1 atom stereocenters. The highest BCUT2D eigenvalue weighted by molar-refractivity contribution is 7.98. The molecule has 1 aromatic heterocycles. The van der Waals surface area contributed by atoms with Crippen molar-refractivity contribution in [1.29, 1.82) is 0 Å². The van der Waals surface area contributed by atoms with Crippen molar-refractivity contribution >= 4 is 35.0 Å². The number of carboxylic acids is 1. The van der Waals surface area contributed by atoms with E-state index in [9.17, 15) is 9.59 Å². The van der Waals surface area contributed by atoms with Crippen molar-refractivity contribution in [2.45, 2.75) is 37.0 Å². The number of amides is 1. The fraction of sp³-hybridized carbons (Fsp3) is 0.312. The predicted octanol–water partition coefficient (Wildman–Crippen LogP) is 3.34. The van der Waals surface area contributed by atoms with Crippen LogP contribution in [-0.2, 0) is 10.5 Å². The lowest BCUT2D eigenvalue weighted by Crippen LogP contribution is -2.40. The Balaban J connectivity index is 2.10. The van der Waals surface area contributed by atoms with Gasteiger partial charge < -0.3 is 10.4 Å². The molecule has 1 heterocycles. The molecule has 0 bridgehead atoms. The SMILES string of the molecule is CCC(NC(=O)c1ccccc1SCc1csc(C)n1)C(=O)O. The van der Waals surface area contributed by atoms with Crippen molar-refractivity contribution in [2.75, 3.05) is 0 Å². The zero-order valence-corrected chi connectivity index (χ0v) is 14.5. The average molecular weight is 350 g/mol. The van der Waals surface area contributed by atoms with Crippen LogP contribution in [0.3, 0.4) is 0 Å². The quantitative estimate of drug-likeness (QED) is 0.749. The summed E-state index contributed by atoms with van der Waals surface area (Å²) in [5.41, 5.74) is 1.47. The summed E-state index contributed by atoms with van der Waals surface area (Å²) in [5, 5.41) is 14.6. The second kappa shape index (κ2) is 8.12. The number of rotatable bonds is 7. The van der Waals surface area contributed by atoms with E-state index in [1.54, 1.807) is 30.4 Å². The molecule has 1 aromatic carbocycles. The summed E-state index contributed by atoms with van der Waals surface area (Å²) < 4.78 is 0. The predicted molar refractivity (Wildman–Crippen MR) is 92.0 cm³/mol. The van der Waals surface area contributed by atoms with Gasteiger partial charge in [-0.15, -0.1) is 23.1 Å². The molecule has 0 saturated heterocycles. The van der Waals surface area contributed by atoms with Gasteiger partial charge in [-0.25, -0.2) is 9.78 Å². The Kier molecular flexibility index (Phi) is 6.18. The summed E-state index contributed by atoms with van der Waals surface area (Å²) in [4.78, 5) is 28.6. The molecule has 0 radical (unpaired) electrons. The number of aryl methyl sites for hydroxylation is 1. The van der Waals surface area contributed by atoms with Crippen molar-refractivity contribution in [3.63, 3.8) is 0 Å². The summed E-state index contributed by atoms with van der Waals surface area (Å²) in [6.45, 7) is 3.68. The highest BCUT2D eigenvalue weighted by atomic mass is 32.2. The van der Waals surface area contributed by atoms with Gasteiger partial charge in [0, 0.05) is 16.0 Å². The lowest BCUT2D eigenvalue weighted by molar-refractivity contribution is -0.139. The van der Waals surface area contributed by atoms with Gasteiger partial charge in [-0.2, -0.15) is 0 Å². The third kappa shape index (κ3) is 4.80. The maximum absolute atomic E-state index is 12.4. The van der Waals surface area contributed by atoms with E-state index < -0.39 is 12.0 Å². The van der Waals surface area contributed by atoms with Gasteiger partial charge in [0.05, 0.1) is 16.3 Å². The van der Waals surface area contributed by atoms with Crippen LogP contribution in [0.1, 0.15) is 34.4 Å². The van der Waals surface area contributed by atoms with Gasteiger partial charge >= 0.3 is 5.97 Å². The van der Waals surface area contributed by atoms with Gasteiger partial charge in [-0.3, -0.25) is 4.79 Å². The van der Waals surface area contributed by atoms with Crippen molar-refractivity contribution < 1.29 is 14.7 Å². The molecule has 2 N–H and O–H groups in total. The summed E-state index contributed by atoms with van der Waals surface area (Å²) >= 11 is 3.12. The second-order valence-corrected chi connectivity index (χ2v) is 6.99. The first-order valence-electron chi connectivity index (χ1n) is 7.17. The maximum Gasteiger partial charge on any atom is 0.326 e. The van der Waals surface area contributed by atoms with E-state index in [2.05, 4.69) is 10.3 Å². The number of carbonyl (C=O) groups excluding carboxylic acids is 1. The maximum atomic E-state index is 12.4. The Bertz CT molecular complexity index is 700. The normalized spacial score (nSPS) is 11.9. The number of nitrogens with zero attached hydrogens (tertiary/aromatic N) is 1. The Labute approximate surface area is 143 Å². The summed E-state index contributed by atoms with van der Waals surface area (Å²) in [7, 11) is 0. The van der Waals surface area contributed by atoms with Crippen LogP contribution in [0.2, 0.25) is 0 Å². The number of thiazole rings is 1. The van der Waals surface area contributed by atoms with Crippen LogP contribution in [0.5, 0.6) is 0 Å². The zero-order valence-electron chi connectivity index (χ0n) is 12.9. The molecule has 0 aliphatic carbocycles. The van der Waals surface area contributed by atoms with E-state index >= 15 is 0 Å². The van der Waals surface area contributed by atoms with E-state index in [1.807, 2.05) is 24.4 Å². The summed E-state index contributed by atoms with van der Waals surface area (Å²) in [5.74, 6) is -0.717. The molecule has 0 fully saturated rings. The summed E-state index contributed by atoms with van der Waals surface area (Å²) in [6, 6.07) is 6.33. The van der Waals surface area contributed by atoms with E-state index in [4.69, 9.17) is 5.11 Å². The minimum Gasteiger partial charge on any atom is -0.480 e. The zero-order chi connectivity index (χ0) is 16.8. The minimum atomic E-state index is -1.02. The molecule has 1 amide bonds. The highest BCUT2D eigenvalue weighted by Crippen LogP contribution is 2.27. The second-order valence-electron chi connectivity index (χ2n) is 4.92. The first-order chi connectivity index (χ1) is 11.0. The molecule has 122 valence electrons. The Morgan fingerprint density at radius 2 is 2.13 bits per heavy atom. The van der Waals surface area contributed by atoms with E-state index in [1.165, 1.54) is 11.8 Å². The molecule has 2 rings (SSSR count). The average Bonchev–Trinajstić information content (AvgIpc) is 2.95. The van der Waals surface area contributed by atoms with Crippen molar-refractivity contribution in [2.24, 2.45) is 0 Å². The van der Waals surface area contributed by atoms with Crippen LogP contribution in [0, 0.1) is 6.92 Å². The molecule has 1 unspecified atom stereocenters. The number of carbonyl (C=O) groups is 2. The highest BCUT2D eigenvalue weighted by Gasteiger charge is 2.20. The van der Waals surface area contributed by atoms with E-state index in [-0.39, 0.29) is 5.91 Å². The van der Waals surface area contributed by atoms with Gasteiger partial charge in [0.2, 0.25) is 0 Å². The number of nitrogens with one attached hydrogen (secondary N) is 1. The van der Waals surface area contributed by atoms with Gasteiger partial charge in [-0.1, -0.05) is 19.1 Å². The van der Waals surface area contributed by atoms with Gasteiger partial charge in [0.15, 0.2) is 0 Å². The van der Waals surface area contributed by atoms with E-state index in [0.717, 1.165) is 15.6 Å². The Morgan fingerprint density at radius 1 is 1.39 bits per heavy atom. The smallest absolute Gasteiger partial charge is 0.326 e. The molecule has 23 heavy (non-hydrogen) atoms. The van der Waals surface area contributed by atoms with Gasteiger partial charge in [0.1, 0.15) is 6.04 Å². The summed E-state index contributed by atoms with van der Waals surface area (Å²) in [6.07, 6.45) is 0.342. The molecule has 0 aliphatic heterocycles. The van der Waals surface area contributed by atoms with E-state index in [0.29, 0.717) is 17.7 Å². The van der Waals surface area contributed by atoms with Gasteiger partial charge in [0.25, 0.3) is 5.91 Å². The first-order valence-corrected chi connectivity index (χ1v) is 9.04. The number of hydrogen-bond donors (Lipinski definition) is 2. The molecule has 5 nitrogen and oxygen atoms in total. The molecule has 7 heteroatoms. The Hall–Kier alpha value is -1.86. The molecular weight excluding hydrogens is 332 g/mol. The number of thioether (sulfide) groups is 1. The lowest BCUT2D eigenvalue weighted by Gasteiger charge is -2.14. The largest absolute Gasteiger partial charge is 0.480 e. The topological polar surface area (TPSA) is 79.3 Å². The molecule has 0 aliphatic rings. The standard InChI is InChI=1S/C16H18N2O3S2/c1-3-13(16(20)21)18-15(19)12-6-4-5-7-14(12)23-9-11-8-22-10(2)17-11/h4-8,13H,3,9H2,1-2H3,(H,18,19)(H,20,21). The van der Waals surface area contributed by atoms with Crippen LogP contribution in [0.15, 0.2) is 34.5 Å². The van der Waals surface area contributed by atoms with Crippen LogP contribution >= 0.6 is 23.1 Å². The first kappa shape index (κ1) is 17.5. The third-order valence-electron chi connectivity index (χ3n) is 3.19. The number of hydrogen-bond acceptors (Lipinski definition) is 5. The third-order valence-corrected chi connectivity index (χ3v) is 5.11. The fourth-order valence-electron chi connectivity index (χ4n) is 1.98. The van der Waals surface area contributed by atoms with Crippen LogP contribution in [0.25, 0.3) is 0 Å². The van der Waals surface area contributed by atoms with Crippen LogP contribution < -0.4 is 5.32 Å². The number of carboxylic acid groups (broad SMARTS) is 1. The fourth-order valence-corrected chi connectivity index (χ4v) is 3.64. The monoisotopic (exact) mass is 350 g/mol. The number of aromatic nitrogens is 1. The van der Waals surface area contributed by atoms with Crippen LogP contribution in [-0.4, -0.2) is 28.0 Å². The molecule has 2 aromatic rings. The van der Waals surface area contributed by atoms with Crippen molar-refractivity contribution in [3.05, 3.63) is 45.9 Å². The lowest BCUT2D eigenvalue weighted by atomic mass is 10.1. The molecule has 0 saturated carbocycles. The van der Waals surface area contributed by atoms with Gasteiger partial charge in [-0.05, 0) is 25.5 Å². The number of benzene rings is 1.